The summed E-state index contributed by atoms with van der Waals surface area (Å²) >= 11 is 0. The molecule has 1 heteroatoms. The van der Waals surface area contributed by atoms with Crippen LogP contribution in [0.25, 0.3) is 0 Å². The van der Waals surface area contributed by atoms with Crippen LogP contribution in [0, 0.1) is 50.7 Å². The molecule has 424 valence electrons. The third-order valence-corrected chi connectivity index (χ3v) is 8.62. The summed E-state index contributed by atoms with van der Waals surface area (Å²) in [5.74, 6) is 3.54. The smallest absolute Gasteiger partial charge is 0.0411 e. The Morgan fingerprint density at radius 3 is 0.424 bits per heavy atom. The molecule has 0 N–H and O–H groups in total. The molecule has 0 rings (SSSR count). The lowest BCUT2D eigenvalue weighted by Crippen LogP contribution is -2.10. The first-order valence-corrected chi connectivity index (χ1v) is 33.2. The summed E-state index contributed by atoms with van der Waals surface area (Å²) in [6, 6.07) is 0. The van der Waals surface area contributed by atoms with Gasteiger partial charge in [0.2, 0.25) is 0 Å². The molecule has 0 aromatic carbocycles. The first-order valence-electron chi connectivity index (χ1n) is 29.2. The molecular weight excluding hydrogens is 809 g/mol. The molecule has 0 saturated carbocycles. The van der Waals surface area contributed by atoms with Gasteiger partial charge in [0.25, 0.3) is 0 Å². The quantitative estimate of drug-likeness (QED) is 0.223. The Bertz CT molecular complexity index is 579. The normalized spacial score (nSPS) is 10.2. The van der Waals surface area contributed by atoms with Gasteiger partial charge in [-0.2, -0.15) is 0 Å². The molecular formula is C65H160Si. The van der Waals surface area contributed by atoms with E-state index in [9.17, 15) is 0 Å². The molecule has 66 heavy (non-hydrogen) atoms. The highest BCUT2D eigenvalue weighted by Gasteiger charge is 2.09. The zero-order valence-electron chi connectivity index (χ0n) is 57.8. The van der Waals surface area contributed by atoms with Crippen molar-refractivity contribution in [1.29, 1.82) is 0 Å². The molecule has 0 unspecified atom stereocenters. The van der Waals surface area contributed by atoms with Crippen LogP contribution in [0.3, 0.4) is 0 Å². The Kier molecular flexibility index (Phi) is 116. The Labute approximate surface area is 437 Å². The van der Waals surface area contributed by atoms with Crippen LogP contribution in [0.15, 0.2) is 0 Å². The summed E-state index contributed by atoms with van der Waals surface area (Å²) in [5.41, 5.74) is 2.71. The predicted molar refractivity (Wildman–Crippen MR) is 338 cm³/mol. The Hall–Kier alpha value is 0.217. The first kappa shape index (κ1) is 103. The summed E-state index contributed by atoms with van der Waals surface area (Å²) in [6.45, 7) is 97.1. The molecule has 0 nitrogen and oxygen atoms in total. The molecule has 0 aromatic heterocycles. The minimum Gasteiger partial charge on any atom is -0.0697 e. The van der Waals surface area contributed by atoms with Gasteiger partial charge in [-0.05, 0) is 50.7 Å². The van der Waals surface area contributed by atoms with Gasteiger partial charge in [-0.25, -0.2) is 0 Å². The van der Waals surface area contributed by atoms with Gasteiger partial charge >= 0.3 is 0 Å². The fraction of sp³-hybridized carbons (Fsp3) is 1.00. The average Bonchev–Trinajstić information content (AvgIpc) is 3.18. The summed E-state index contributed by atoms with van der Waals surface area (Å²) in [6.07, 6.45) is 15.6. The molecule has 0 spiro atoms. The van der Waals surface area contributed by atoms with E-state index in [1.807, 2.05) is 27.7 Å². The standard InChI is InChI=1S/C7H16.4C6H14.3C5H12.C4H12Si.2C4H10.C3H8.2C2H6/c1-5-7(3,4)6-2;3*1-5-6(2,3)4;1-4-6(3)5-2;1-5(2,3)4;2*1-4-5(2)3;1-5(2,3)4;1-4(2)3;1-3-4-2;1-3-2;2*1-2/h5-6H2,1-4H3;3*5H2,1-4H3;6H,4-5H2,1-3H3;1-4H3;2*5H,4H2,1-3H3;1-4H3;4H,1-3H3;3-4H2,1-2H3;3H2,1-2H3;2*1-2H3. The van der Waals surface area contributed by atoms with Crippen molar-refractivity contribution in [2.24, 2.45) is 50.7 Å². The van der Waals surface area contributed by atoms with Crippen LogP contribution in [-0.4, -0.2) is 8.07 Å². The summed E-state index contributed by atoms with van der Waals surface area (Å²) < 4.78 is 0. The molecule has 0 radical (unpaired) electrons. The van der Waals surface area contributed by atoms with E-state index in [-0.39, 0.29) is 0 Å². The van der Waals surface area contributed by atoms with Crippen molar-refractivity contribution in [1.82, 2.24) is 0 Å². The second kappa shape index (κ2) is 74.2. The van der Waals surface area contributed by atoms with Crippen molar-refractivity contribution < 1.29 is 0 Å². The number of rotatable bonds is 7. The van der Waals surface area contributed by atoms with Crippen molar-refractivity contribution in [3.63, 3.8) is 0 Å². The Balaban J connectivity index is -0.0000000371. The van der Waals surface area contributed by atoms with Crippen molar-refractivity contribution in [3.8, 4) is 0 Å². The minimum absolute atomic E-state index is 0.500. The first-order chi connectivity index (χ1) is 29.2. The van der Waals surface area contributed by atoms with E-state index in [2.05, 4.69) is 275 Å². The molecule has 0 fully saturated rings. The molecule has 0 bridgehead atoms. The predicted octanol–water partition coefficient (Wildman–Crippen LogP) is 27.7. The number of hydrogen-bond acceptors (Lipinski definition) is 0. The van der Waals surface area contributed by atoms with Gasteiger partial charge in [-0.15, -0.1) is 0 Å². The zero-order valence-corrected chi connectivity index (χ0v) is 58.8. The molecule has 0 aliphatic heterocycles. The average molecular weight is 970 g/mol. The fourth-order valence-electron chi connectivity index (χ4n) is 0.539. The molecule has 0 aliphatic carbocycles. The third kappa shape index (κ3) is 438. The van der Waals surface area contributed by atoms with Crippen LogP contribution in [0.5, 0.6) is 0 Å². The Morgan fingerprint density at radius 2 is 0.424 bits per heavy atom. The van der Waals surface area contributed by atoms with Crippen molar-refractivity contribution in [3.05, 3.63) is 0 Å². The molecule has 0 atom stereocenters. The maximum Gasteiger partial charge on any atom is 0.0411 e. The largest absolute Gasteiger partial charge is 0.0697 e. The SMILES string of the molecule is CC.CC.CC(C)(C)C.CC(C)C.CCC.CCC(C)(C)C.CCC(C)(C)C.CCC(C)(C)C.CCC(C)(C)CC.CCC(C)C.CCC(C)C.CCC(C)CC.CCCC.C[Si](C)(C)C. The highest BCUT2D eigenvalue weighted by atomic mass is 28.3. The van der Waals surface area contributed by atoms with Gasteiger partial charge in [0.15, 0.2) is 0 Å². The van der Waals surface area contributed by atoms with Crippen LogP contribution >= 0.6 is 0 Å². The molecule has 0 heterocycles. The van der Waals surface area contributed by atoms with Crippen molar-refractivity contribution in [2.45, 2.75) is 380 Å². The van der Waals surface area contributed by atoms with Gasteiger partial charge in [0.1, 0.15) is 0 Å². The topological polar surface area (TPSA) is 0 Å². The summed E-state index contributed by atoms with van der Waals surface area (Å²) in [4.78, 5) is 0. The maximum atomic E-state index is 2.33. The molecule has 0 aromatic rings. The third-order valence-electron chi connectivity index (χ3n) is 8.62. The monoisotopic (exact) mass is 969 g/mol. The lowest BCUT2D eigenvalue weighted by atomic mass is 9.88. The fourth-order valence-corrected chi connectivity index (χ4v) is 0.539. The van der Waals surface area contributed by atoms with E-state index in [1.54, 1.807) is 0 Å². The molecule has 0 aliphatic rings. The van der Waals surface area contributed by atoms with E-state index >= 15 is 0 Å². The van der Waals surface area contributed by atoms with Crippen LogP contribution in [0.4, 0.5) is 0 Å². The molecule has 0 saturated heterocycles. The highest BCUT2D eigenvalue weighted by molar-refractivity contribution is 6.74. The number of hydrogen-bond donors (Lipinski definition) is 0. The van der Waals surface area contributed by atoms with Gasteiger partial charge in [-0.3, -0.25) is 0 Å². The lowest BCUT2D eigenvalue weighted by Gasteiger charge is -2.18. The van der Waals surface area contributed by atoms with Crippen molar-refractivity contribution >= 4 is 8.07 Å². The number of unbranched alkanes of at least 4 members (excludes halogenated alkanes) is 1. The van der Waals surface area contributed by atoms with E-state index in [1.165, 1.54) is 77.0 Å². The maximum absolute atomic E-state index is 2.33. The van der Waals surface area contributed by atoms with E-state index in [0.29, 0.717) is 27.1 Å². The zero-order chi connectivity index (χ0) is 57.8. The summed E-state index contributed by atoms with van der Waals surface area (Å²) in [7, 11) is -0.611. The summed E-state index contributed by atoms with van der Waals surface area (Å²) in [5, 5.41) is 0. The van der Waals surface area contributed by atoms with Gasteiger partial charge < -0.3 is 0 Å². The highest BCUT2D eigenvalue weighted by Crippen LogP contribution is 2.23. The Morgan fingerprint density at radius 1 is 0.318 bits per heavy atom. The van der Waals surface area contributed by atoms with Crippen LogP contribution < -0.4 is 0 Å². The van der Waals surface area contributed by atoms with Crippen molar-refractivity contribution in [2.75, 3.05) is 0 Å². The lowest BCUT2D eigenvalue weighted by molar-refractivity contribution is 0.338. The second-order valence-electron chi connectivity index (χ2n) is 26.6. The van der Waals surface area contributed by atoms with Crippen LogP contribution in [0.1, 0.15) is 354 Å². The molecule has 0 amide bonds. The van der Waals surface area contributed by atoms with Crippen LogP contribution in [0.2, 0.25) is 26.2 Å². The van der Waals surface area contributed by atoms with E-state index in [0.717, 1.165) is 23.7 Å². The van der Waals surface area contributed by atoms with Gasteiger partial charge in [0, 0.05) is 8.07 Å². The van der Waals surface area contributed by atoms with E-state index < -0.39 is 8.07 Å². The minimum atomic E-state index is -0.611. The second-order valence-corrected chi connectivity index (χ2v) is 32.6. The van der Waals surface area contributed by atoms with Gasteiger partial charge in [0.05, 0.1) is 0 Å². The van der Waals surface area contributed by atoms with E-state index in [4.69, 9.17) is 0 Å². The van der Waals surface area contributed by atoms with Gasteiger partial charge in [-0.1, -0.05) is 380 Å². The van der Waals surface area contributed by atoms with Crippen LogP contribution in [-0.2, 0) is 0 Å².